The van der Waals surface area contributed by atoms with Gasteiger partial charge in [0, 0.05) is 24.0 Å². The molecule has 0 radical (unpaired) electrons. The van der Waals surface area contributed by atoms with E-state index in [0.717, 1.165) is 16.9 Å². The minimum Gasteiger partial charge on any atom is -0.273 e. The second-order valence-corrected chi connectivity index (χ2v) is 9.28. The molecule has 132 valence electrons. The van der Waals surface area contributed by atoms with Crippen molar-refractivity contribution in [3.05, 3.63) is 29.3 Å². The first kappa shape index (κ1) is 16.7. The molecule has 4 rings (SSSR count). The molecule has 1 aromatic carbocycles. The summed E-state index contributed by atoms with van der Waals surface area (Å²) in [7, 11) is 0. The Labute approximate surface area is 152 Å². The Balaban J connectivity index is 1.37. The number of thiazole rings is 1. The molecule has 5 heteroatoms. The number of nitrogens with zero attached hydrogens (tertiary/aromatic N) is 2. The van der Waals surface area contributed by atoms with Gasteiger partial charge in [0.1, 0.15) is 0 Å². The largest absolute Gasteiger partial charge is 0.273 e. The standard InChI is InChI=1S/C20H25N3OS/c1-19(2)13-10-11-20(19,3)16(12-13)22-23-17(24)8-9-18-21-14-6-4-5-7-15(14)25-18/h4-7,13H,8-12H2,1-3H3,(H,23,24)/b22-16+/t13-,20+/m1/s1. The van der Waals surface area contributed by atoms with Gasteiger partial charge in [-0.2, -0.15) is 5.10 Å². The van der Waals surface area contributed by atoms with E-state index in [9.17, 15) is 4.79 Å². The number of benzene rings is 1. The van der Waals surface area contributed by atoms with E-state index >= 15 is 0 Å². The van der Waals surface area contributed by atoms with Crippen LogP contribution in [0.2, 0.25) is 0 Å². The van der Waals surface area contributed by atoms with E-state index in [1.165, 1.54) is 23.3 Å². The summed E-state index contributed by atoms with van der Waals surface area (Å²) in [5.74, 6) is 0.687. The van der Waals surface area contributed by atoms with Gasteiger partial charge in [0.05, 0.1) is 15.2 Å². The lowest BCUT2D eigenvalue weighted by Gasteiger charge is -2.34. The van der Waals surface area contributed by atoms with Crippen LogP contribution in [0.3, 0.4) is 0 Å². The Morgan fingerprint density at radius 3 is 2.84 bits per heavy atom. The average molecular weight is 356 g/mol. The minimum absolute atomic E-state index is 0.0177. The minimum atomic E-state index is -0.0177. The summed E-state index contributed by atoms with van der Waals surface area (Å²) < 4.78 is 1.18. The lowest BCUT2D eigenvalue weighted by molar-refractivity contribution is -0.121. The summed E-state index contributed by atoms with van der Waals surface area (Å²) in [5, 5.41) is 5.54. The van der Waals surface area contributed by atoms with E-state index in [0.29, 0.717) is 18.8 Å². The lowest BCUT2D eigenvalue weighted by Crippen LogP contribution is -2.34. The average Bonchev–Trinajstić information content (AvgIpc) is 3.16. The molecular weight excluding hydrogens is 330 g/mol. The number of hydrazone groups is 1. The Bertz CT molecular complexity index is 820. The van der Waals surface area contributed by atoms with Crippen LogP contribution in [0.4, 0.5) is 0 Å². The Morgan fingerprint density at radius 1 is 1.36 bits per heavy atom. The third kappa shape index (κ3) is 2.69. The number of aryl methyl sites for hydroxylation is 1. The summed E-state index contributed by atoms with van der Waals surface area (Å²) in [6.45, 7) is 7.01. The number of fused-ring (bicyclic) bond motifs is 3. The van der Waals surface area contributed by atoms with Crippen LogP contribution in [0.5, 0.6) is 0 Å². The first-order chi connectivity index (χ1) is 11.9. The van der Waals surface area contributed by atoms with Crippen LogP contribution in [-0.2, 0) is 11.2 Å². The van der Waals surface area contributed by atoms with Gasteiger partial charge in [0.25, 0.3) is 0 Å². The van der Waals surface area contributed by atoms with Gasteiger partial charge in [-0.05, 0) is 42.7 Å². The fourth-order valence-corrected chi connectivity index (χ4v) is 5.50. The second-order valence-electron chi connectivity index (χ2n) is 8.16. The number of aromatic nitrogens is 1. The Kier molecular flexibility index (Phi) is 3.95. The second kappa shape index (κ2) is 5.90. The molecule has 0 aliphatic heterocycles. The molecule has 4 nitrogen and oxygen atoms in total. The van der Waals surface area contributed by atoms with E-state index in [1.807, 2.05) is 18.2 Å². The van der Waals surface area contributed by atoms with Crippen molar-refractivity contribution in [3.63, 3.8) is 0 Å². The summed E-state index contributed by atoms with van der Waals surface area (Å²) in [6.07, 6.45) is 4.60. The van der Waals surface area contributed by atoms with Crippen molar-refractivity contribution in [1.29, 1.82) is 0 Å². The number of carbonyl (C=O) groups is 1. The first-order valence-electron chi connectivity index (χ1n) is 9.10. The Morgan fingerprint density at radius 2 is 2.16 bits per heavy atom. The summed E-state index contributed by atoms with van der Waals surface area (Å²) in [4.78, 5) is 16.8. The molecule has 2 atom stereocenters. The van der Waals surface area contributed by atoms with Gasteiger partial charge in [0.2, 0.25) is 5.91 Å². The maximum Gasteiger partial charge on any atom is 0.240 e. The lowest BCUT2D eigenvalue weighted by atomic mass is 9.70. The molecule has 0 saturated heterocycles. The number of hydrogen-bond acceptors (Lipinski definition) is 4. The highest BCUT2D eigenvalue weighted by atomic mass is 32.1. The number of nitrogens with one attached hydrogen (secondary N) is 1. The van der Waals surface area contributed by atoms with E-state index in [2.05, 4.69) is 42.3 Å². The summed E-state index contributed by atoms with van der Waals surface area (Å²) in [6, 6.07) is 8.09. The summed E-state index contributed by atoms with van der Waals surface area (Å²) in [5.41, 5.74) is 5.43. The van der Waals surface area contributed by atoms with Gasteiger partial charge in [0.15, 0.2) is 0 Å². The highest BCUT2D eigenvalue weighted by Crippen LogP contribution is 2.63. The highest BCUT2D eigenvalue weighted by Gasteiger charge is 2.59. The molecule has 1 heterocycles. The maximum absolute atomic E-state index is 12.2. The molecule has 0 spiro atoms. The molecule has 1 aromatic heterocycles. The molecule has 2 saturated carbocycles. The van der Waals surface area contributed by atoms with Gasteiger partial charge in [-0.3, -0.25) is 4.79 Å². The predicted molar refractivity (Wildman–Crippen MR) is 103 cm³/mol. The van der Waals surface area contributed by atoms with Crippen LogP contribution < -0.4 is 5.43 Å². The van der Waals surface area contributed by atoms with Crippen molar-refractivity contribution < 1.29 is 4.79 Å². The number of amides is 1. The molecular formula is C20H25N3OS. The zero-order valence-corrected chi connectivity index (χ0v) is 15.9. The number of para-hydroxylation sites is 1. The van der Waals surface area contributed by atoms with Gasteiger partial charge in [-0.1, -0.05) is 32.9 Å². The molecule has 1 amide bonds. The van der Waals surface area contributed by atoms with Crippen LogP contribution in [0.15, 0.2) is 29.4 Å². The van der Waals surface area contributed by atoms with Crippen LogP contribution in [-0.4, -0.2) is 16.6 Å². The molecule has 2 aliphatic carbocycles. The van der Waals surface area contributed by atoms with Gasteiger partial charge < -0.3 is 0 Å². The van der Waals surface area contributed by atoms with Crippen molar-refractivity contribution in [2.75, 3.05) is 0 Å². The topological polar surface area (TPSA) is 54.4 Å². The fraction of sp³-hybridized carbons (Fsp3) is 0.550. The van der Waals surface area contributed by atoms with Crippen LogP contribution in [0, 0.1) is 16.7 Å². The third-order valence-electron chi connectivity index (χ3n) is 6.73. The predicted octanol–water partition coefficient (Wildman–Crippen LogP) is 4.55. The number of carbonyl (C=O) groups excluding carboxylic acids is 1. The van der Waals surface area contributed by atoms with Crippen LogP contribution in [0.25, 0.3) is 10.2 Å². The maximum atomic E-state index is 12.2. The first-order valence-corrected chi connectivity index (χ1v) is 9.92. The molecule has 2 bridgehead atoms. The molecule has 2 aromatic rings. The fourth-order valence-electron chi connectivity index (χ4n) is 4.53. The van der Waals surface area contributed by atoms with Crippen molar-refractivity contribution in [3.8, 4) is 0 Å². The number of rotatable bonds is 4. The van der Waals surface area contributed by atoms with Crippen LogP contribution in [0.1, 0.15) is 51.5 Å². The van der Waals surface area contributed by atoms with E-state index < -0.39 is 0 Å². The van der Waals surface area contributed by atoms with Gasteiger partial charge in [-0.15, -0.1) is 11.3 Å². The molecule has 0 unspecified atom stereocenters. The third-order valence-corrected chi connectivity index (χ3v) is 7.83. The zero-order chi connectivity index (χ0) is 17.7. The quantitative estimate of drug-likeness (QED) is 0.818. The molecule has 1 N–H and O–H groups in total. The van der Waals surface area contributed by atoms with E-state index in [-0.39, 0.29) is 16.7 Å². The van der Waals surface area contributed by atoms with Crippen LogP contribution >= 0.6 is 11.3 Å². The van der Waals surface area contributed by atoms with Gasteiger partial charge >= 0.3 is 0 Å². The van der Waals surface area contributed by atoms with Crippen molar-refractivity contribution in [1.82, 2.24) is 10.4 Å². The van der Waals surface area contributed by atoms with Crippen molar-refractivity contribution >= 4 is 33.2 Å². The molecule has 25 heavy (non-hydrogen) atoms. The summed E-state index contributed by atoms with van der Waals surface area (Å²) >= 11 is 1.66. The van der Waals surface area contributed by atoms with Crippen molar-refractivity contribution in [2.24, 2.45) is 21.8 Å². The smallest absolute Gasteiger partial charge is 0.240 e. The SMILES string of the molecule is CC1(C)[C@@H]2CC[C@@]1(C)/C(=N/NC(=O)CCc1nc3ccccc3s1)C2. The van der Waals surface area contributed by atoms with E-state index in [1.54, 1.807) is 11.3 Å². The normalized spacial score (nSPS) is 28.8. The Hall–Kier alpha value is -1.75. The van der Waals surface area contributed by atoms with E-state index in [4.69, 9.17) is 0 Å². The highest BCUT2D eigenvalue weighted by molar-refractivity contribution is 7.18. The molecule has 2 aliphatic rings. The number of hydrogen-bond donors (Lipinski definition) is 1. The van der Waals surface area contributed by atoms with Crippen molar-refractivity contribution in [2.45, 2.75) is 52.9 Å². The molecule has 2 fully saturated rings. The van der Waals surface area contributed by atoms with Gasteiger partial charge in [-0.25, -0.2) is 10.4 Å². The zero-order valence-electron chi connectivity index (χ0n) is 15.1. The monoisotopic (exact) mass is 355 g/mol.